The van der Waals surface area contributed by atoms with Crippen molar-refractivity contribution >= 4 is 11.6 Å². The Morgan fingerprint density at radius 3 is 2.75 bits per heavy atom. The van der Waals surface area contributed by atoms with E-state index in [1.165, 1.54) is 6.42 Å². The van der Waals surface area contributed by atoms with Gasteiger partial charge in [-0.3, -0.25) is 0 Å². The van der Waals surface area contributed by atoms with E-state index in [-0.39, 0.29) is 0 Å². The van der Waals surface area contributed by atoms with Crippen molar-refractivity contribution in [3.63, 3.8) is 0 Å². The summed E-state index contributed by atoms with van der Waals surface area (Å²) in [6.45, 7) is 5.63. The van der Waals surface area contributed by atoms with Gasteiger partial charge in [0.15, 0.2) is 0 Å². The lowest BCUT2D eigenvalue weighted by molar-refractivity contribution is 0.958. The average molecular weight is 131 g/mol. The summed E-state index contributed by atoms with van der Waals surface area (Å²) >= 11 is 5.43. The minimum atomic E-state index is 0.610. The molecule has 0 bridgehead atoms. The highest BCUT2D eigenvalue weighted by atomic mass is 35.5. The molecule has 0 unspecified atom stereocenters. The van der Waals surface area contributed by atoms with E-state index < -0.39 is 0 Å². The van der Waals surface area contributed by atoms with Gasteiger partial charge >= 0.3 is 0 Å². The first-order valence-corrected chi connectivity index (χ1v) is 3.16. The quantitative estimate of drug-likeness (QED) is 0.515. The van der Waals surface area contributed by atoms with Crippen LogP contribution < -0.4 is 0 Å². The summed E-state index contributed by atoms with van der Waals surface area (Å²) in [5.41, 5.74) is 0. The fraction of sp³-hybridized carbons (Fsp3) is 0.429. The largest absolute Gasteiger partial charge is 0.0850 e. The maximum absolute atomic E-state index is 5.43. The number of hydrogen-bond acceptors (Lipinski definition) is 0. The molecule has 0 N–H and O–H groups in total. The molecule has 0 atom stereocenters. The smallest absolute Gasteiger partial charge is 0.0331 e. The third kappa shape index (κ3) is 5.77. The van der Waals surface area contributed by atoms with Gasteiger partial charge in [0, 0.05) is 5.03 Å². The summed E-state index contributed by atoms with van der Waals surface area (Å²) in [5, 5.41) is 0.610. The van der Waals surface area contributed by atoms with E-state index in [4.69, 9.17) is 11.6 Å². The SMILES string of the molecule is C=C(Cl)C=CCCC. The summed E-state index contributed by atoms with van der Waals surface area (Å²) in [7, 11) is 0. The molecule has 1 heteroatoms. The molecule has 8 heavy (non-hydrogen) atoms. The second-order valence-corrected chi connectivity index (χ2v) is 2.12. The first-order chi connectivity index (χ1) is 3.77. The zero-order valence-electron chi connectivity index (χ0n) is 5.15. The molecule has 0 aromatic carbocycles. The van der Waals surface area contributed by atoms with Crippen molar-refractivity contribution < 1.29 is 0 Å². The lowest BCUT2D eigenvalue weighted by Gasteiger charge is -1.81. The van der Waals surface area contributed by atoms with Crippen LogP contribution in [0.4, 0.5) is 0 Å². The van der Waals surface area contributed by atoms with Crippen LogP contribution in [-0.2, 0) is 0 Å². The van der Waals surface area contributed by atoms with E-state index >= 15 is 0 Å². The molecule has 0 nitrogen and oxygen atoms in total. The van der Waals surface area contributed by atoms with Gasteiger partial charge < -0.3 is 0 Å². The van der Waals surface area contributed by atoms with Crippen molar-refractivity contribution in [3.8, 4) is 0 Å². The predicted octanol–water partition coefficient (Wildman–Crippen LogP) is 3.10. The topological polar surface area (TPSA) is 0 Å². The standard InChI is InChI=1S/C7H11Cl/c1-3-4-5-6-7(2)8/h5-6H,2-4H2,1H3. The Labute approximate surface area is 55.9 Å². The van der Waals surface area contributed by atoms with Gasteiger partial charge in [0.1, 0.15) is 0 Å². The Balaban J connectivity index is 3.20. The second kappa shape index (κ2) is 4.92. The lowest BCUT2D eigenvalue weighted by atomic mass is 10.3. The van der Waals surface area contributed by atoms with Crippen molar-refractivity contribution in [2.45, 2.75) is 19.8 Å². The van der Waals surface area contributed by atoms with Gasteiger partial charge in [-0.05, 0) is 12.5 Å². The van der Waals surface area contributed by atoms with Gasteiger partial charge in [0.05, 0.1) is 0 Å². The van der Waals surface area contributed by atoms with E-state index in [0.29, 0.717) is 5.03 Å². The van der Waals surface area contributed by atoms with Gasteiger partial charge in [-0.1, -0.05) is 37.6 Å². The molecule has 0 fully saturated rings. The normalized spacial score (nSPS) is 10.2. The van der Waals surface area contributed by atoms with Crippen molar-refractivity contribution in [2.24, 2.45) is 0 Å². The second-order valence-electron chi connectivity index (χ2n) is 1.64. The van der Waals surface area contributed by atoms with Crippen LogP contribution >= 0.6 is 11.6 Å². The number of allylic oxidation sites excluding steroid dienone is 3. The molecule has 0 amide bonds. The van der Waals surface area contributed by atoms with Crippen molar-refractivity contribution in [1.29, 1.82) is 0 Å². The highest BCUT2D eigenvalue weighted by Gasteiger charge is 1.74. The molecular formula is C7H11Cl. The fourth-order valence-electron chi connectivity index (χ4n) is 0.378. The summed E-state index contributed by atoms with van der Waals surface area (Å²) in [6, 6.07) is 0. The molecule has 46 valence electrons. The van der Waals surface area contributed by atoms with Crippen molar-refractivity contribution in [1.82, 2.24) is 0 Å². The van der Waals surface area contributed by atoms with Crippen LogP contribution in [0.15, 0.2) is 23.8 Å². The third-order valence-electron chi connectivity index (χ3n) is 0.754. The maximum Gasteiger partial charge on any atom is 0.0331 e. The molecule has 0 aliphatic carbocycles. The van der Waals surface area contributed by atoms with E-state index in [2.05, 4.69) is 13.5 Å². The highest BCUT2D eigenvalue weighted by molar-refractivity contribution is 6.30. The zero-order chi connectivity index (χ0) is 6.41. The van der Waals surface area contributed by atoms with E-state index in [0.717, 1.165) is 6.42 Å². The van der Waals surface area contributed by atoms with E-state index in [1.807, 2.05) is 12.2 Å². The zero-order valence-corrected chi connectivity index (χ0v) is 5.91. The van der Waals surface area contributed by atoms with Crippen LogP contribution in [0.25, 0.3) is 0 Å². The summed E-state index contributed by atoms with van der Waals surface area (Å²) in [6.07, 6.45) is 6.10. The Morgan fingerprint density at radius 2 is 2.38 bits per heavy atom. The monoisotopic (exact) mass is 130 g/mol. The first kappa shape index (κ1) is 7.77. The van der Waals surface area contributed by atoms with Gasteiger partial charge in [-0.15, -0.1) is 0 Å². The number of unbranched alkanes of at least 4 members (excludes halogenated alkanes) is 1. The van der Waals surface area contributed by atoms with Crippen LogP contribution in [0.2, 0.25) is 0 Å². The van der Waals surface area contributed by atoms with E-state index in [1.54, 1.807) is 0 Å². The van der Waals surface area contributed by atoms with Gasteiger partial charge in [-0.25, -0.2) is 0 Å². The van der Waals surface area contributed by atoms with Crippen LogP contribution in [0.5, 0.6) is 0 Å². The van der Waals surface area contributed by atoms with Gasteiger partial charge in [0.2, 0.25) is 0 Å². The molecule has 0 heterocycles. The van der Waals surface area contributed by atoms with Crippen molar-refractivity contribution in [3.05, 3.63) is 23.8 Å². The summed E-state index contributed by atoms with van der Waals surface area (Å²) < 4.78 is 0. The molecular weight excluding hydrogens is 120 g/mol. The molecule has 0 aromatic heterocycles. The van der Waals surface area contributed by atoms with Gasteiger partial charge in [-0.2, -0.15) is 0 Å². The number of rotatable bonds is 3. The van der Waals surface area contributed by atoms with Crippen LogP contribution in [0.3, 0.4) is 0 Å². The van der Waals surface area contributed by atoms with Crippen LogP contribution in [0, 0.1) is 0 Å². The molecule has 0 saturated carbocycles. The van der Waals surface area contributed by atoms with Crippen molar-refractivity contribution in [2.75, 3.05) is 0 Å². The Hall–Kier alpha value is -0.230. The Bertz CT molecular complexity index is 92.6. The molecule has 0 saturated heterocycles. The van der Waals surface area contributed by atoms with Gasteiger partial charge in [0.25, 0.3) is 0 Å². The molecule has 0 radical (unpaired) electrons. The lowest BCUT2D eigenvalue weighted by Crippen LogP contribution is -1.60. The average Bonchev–Trinajstić information content (AvgIpc) is 1.66. The Morgan fingerprint density at radius 1 is 1.75 bits per heavy atom. The van der Waals surface area contributed by atoms with E-state index in [9.17, 15) is 0 Å². The minimum Gasteiger partial charge on any atom is -0.0850 e. The molecule has 0 aliphatic rings. The fourth-order valence-corrected chi connectivity index (χ4v) is 0.467. The number of halogens is 1. The van der Waals surface area contributed by atoms with Crippen LogP contribution in [-0.4, -0.2) is 0 Å². The highest BCUT2D eigenvalue weighted by Crippen LogP contribution is 1.99. The Kier molecular flexibility index (Phi) is 4.78. The summed E-state index contributed by atoms with van der Waals surface area (Å²) in [4.78, 5) is 0. The maximum atomic E-state index is 5.43. The number of hydrogen-bond donors (Lipinski definition) is 0. The summed E-state index contributed by atoms with van der Waals surface area (Å²) in [5.74, 6) is 0. The third-order valence-corrected chi connectivity index (χ3v) is 0.880. The first-order valence-electron chi connectivity index (χ1n) is 2.78. The molecule has 0 aromatic rings. The predicted molar refractivity (Wildman–Crippen MR) is 39.0 cm³/mol. The molecule has 0 aliphatic heterocycles. The molecule has 0 spiro atoms. The molecule has 0 rings (SSSR count). The minimum absolute atomic E-state index is 0.610. The van der Waals surface area contributed by atoms with Crippen LogP contribution in [0.1, 0.15) is 19.8 Å².